The van der Waals surface area contributed by atoms with Crippen molar-refractivity contribution in [2.45, 2.75) is 29.6 Å². The van der Waals surface area contributed by atoms with Gasteiger partial charge < -0.3 is 10.7 Å². The van der Waals surface area contributed by atoms with Crippen LogP contribution in [0.15, 0.2) is 10.9 Å². The standard InChI is InChI=1S/C10H15N3OS2/c1-5-6(2)16-7(4-15-5)10-12-8(11)3-9(14)13-10/h3,5-7H,4H2,1-2H3,(H3,11,12,13,14). The summed E-state index contributed by atoms with van der Waals surface area (Å²) in [6, 6.07) is 1.32. The fourth-order valence-electron chi connectivity index (χ4n) is 1.58. The second-order valence-electron chi connectivity index (χ2n) is 3.92. The number of H-pyrrole nitrogens is 1. The molecule has 0 bridgehead atoms. The zero-order valence-electron chi connectivity index (χ0n) is 9.27. The number of nitrogens with two attached hydrogens (primary N) is 1. The molecule has 3 N–H and O–H groups in total. The third-order valence-electron chi connectivity index (χ3n) is 2.64. The van der Waals surface area contributed by atoms with E-state index < -0.39 is 0 Å². The molecule has 3 unspecified atom stereocenters. The lowest BCUT2D eigenvalue weighted by Gasteiger charge is -2.30. The maximum absolute atomic E-state index is 11.3. The van der Waals surface area contributed by atoms with Gasteiger partial charge in [-0.2, -0.15) is 11.8 Å². The lowest BCUT2D eigenvalue weighted by atomic mass is 10.3. The van der Waals surface area contributed by atoms with Crippen LogP contribution in [0.25, 0.3) is 0 Å². The Kier molecular flexibility index (Phi) is 3.49. The third kappa shape index (κ3) is 2.55. The van der Waals surface area contributed by atoms with E-state index in [2.05, 4.69) is 23.8 Å². The summed E-state index contributed by atoms with van der Waals surface area (Å²) < 4.78 is 0. The van der Waals surface area contributed by atoms with Gasteiger partial charge in [0, 0.05) is 22.3 Å². The minimum atomic E-state index is -0.167. The van der Waals surface area contributed by atoms with Crippen molar-refractivity contribution < 1.29 is 0 Å². The van der Waals surface area contributed by atoms with E-state index in [-0.39, 0.29) is 10.8 Å². The quantitative estimate of drug-likeness (QED) is 0.800. The molecular weight excluding hydrogens is 242 g/mol. The summed E-state index contributed by atoms with van der Waals surface area (Å²) in [5.74, 6) is 1.99. The van der Waals surface area contributed by atoms with Crippen LogP contribution in [0.1, 0.15) is 24.9 Å². The van der Waals surface area contributed by atoms with Gasteiger partial charge in [-0.1, -0.05) is 13.8 Å². The van der Waals surface area contributed by atoms with Crippen LogP contribution in [0.5, 0.6) is 0 Å². The van der Waals surface area contributed by atoms with E-state index in [1.54, 1.807) is 0 Å². The van der Waals surface area contributed by atoms with E-state index >= 15 is 0 Å². The number of aromatic nitrogens is 2. The lowest BCUT2D eigenvalue weighted by Crippen LogP contribution is -2.24. The molecule has 3 atom stereocenters. The molecule has 16 heavy (non-hydrogen) atoms. The smallest absolute Gasteiger partial charge is 0.253 e. The molecule has 1 fully saturated rings. The van der Waals surface area contributed by atoms with Crippen molar-refractivity contribution in [3.8, 4) is 0 Å². The Morgan fingerprint density at radius 1 is 1.50 bits per heavy atom. The third-order valence-corrected chi connectivity index (χ3v) is 6.03. The molecule has 0 saturated carbocycles. The van der Waals surface area contributed by atoms with Crippen molar-refractivity contribution in [1.29, 1.82) is 0 Å². The molecule has 0 aliphatic carbocycles. The van der Waals surface area contributed by atoms with Gasteiger partial charge in [0.05, 0.1) is 5.25 Å². The molecule has 88 valence electrons. The average Bonchev–Trinajstić information content (AvgIpc) is 2.20. The number of hydrogen-bond acceptors (Lipinski definition) is 5. The normalized spacial score (nSPS) is 30.2. The van der Waals surface area contributed by atoms with Crippen molar-refractivity contribution in [3.05, 3.63) is 22.2 Å². The summed E-state index contributed by atoms with van der Waals surface area (Å²) in [5.41, 5.74) is 5.41. The van der Waals surface area contributed by atoms with Crippen LogP contribution in [0.3, 0.4) is 0 Å². The zero-order chi connectivity index (χ0) is 11.7. The van der Waals surface area contributed by atoms with Crippen LogP contribution >= 0.6 is 23.5 Å². The van der Waals surface area contributed by atoms with Crippen LogP contribution in [0.2, 0.25) is 0 Å². The number of rotatable bonds is 1. The van der Waals surface area contributed by atoms with E-state index in [4.69, 9.17) is 5.73 Å². The first-order chi connectivity index (χ1) is 7.56. The molecule has 0 aromatic carbocycles. The number of nitrogens with one attached hydrogen (secondary N) is 1. The summed E-state index contributed by atoms with van der Waals surface area (Å²) in [6.45, 7) is 4.44. The second kappa shape index (κ2) is 4.71. The average molecular weight is 257 g/mol. The first-order valence-corrected chi connectivity index (χ1v) is 7.19. The highest BCUT2D eigenvalue weighted by Gasteiger charge is 2.28. The topological polar surface area (TPSA) is 71.8 Å². The number of anilines is 1. The molecule has 6 heteroatoms. The number of hydrogen-bond donors (Lipinski definition) is 2. The molecule has 4 nitrogen and oxygen atoms in total. The van der Waals surface area contributed by atoms with E-state index in [0.717, 1.165) is 5.75 Å². The summed E-state index contributed by atoms with van der Waals surface area (Å²) in [6.07, 6.45) is 0. The summed E-state index contributed by atoms with van der Waals surface area (Å²) in [5, 5.41) is 1.46. The van der Waals surface area contributed by atoms with Crippen LogP contribution < -0.4 is 11.3 Å². The second-order valence-corrected chi connectivity index (χ2v) is 6.92. The highest BCUT2D eigenvalue weighted by molar-refractivity contribution is 8.07. The Balaban J connectivity index is 2.21. The largest absolute Gasteiger partial charge is 0.383 e. The van der Waals surface area contributed by atoms with Crippen LogP contribution in [-0.4, -0.2) is 26.2 Å². The highest BCUT2D eigenvalue weighted by atomic mass is 32.2. The fraction of sp³-hybridized carbons (Fsp3) is 0.600. The zero-order valence-corrected chi connectivity index (χ0v) is 10.9. The van der Waals surface area contributed by atoms with Crippen molar-refractivity contribution in [1.82, 2.24) is 9.97 Å². The van der Waals surface area contributed by atoms with Gasteiger partial charge in [-0.05, 0) is 0 Å². The maximum atomic E-state index is 11.3. The maximum Gasteiger partial charge on any atom is 0.253 e. The van der Waals surface area contributed by atoms with Crippen molar-refractivity contribution >= 4 is 29.3 Å². The molecule has 0 amide bonds. The first kappa shape index (κ1) is 11.9. The van der Waals surface area contributed by atoms with Crippen molar-refractivity contribution in [2.75, 3.05) is 11.5 Å². The lowest BCUT2D eigenvalue weighted by molar-refractivity contribution is 0.855. The number of aromatic amines is 1. The summed E-state index contributed by atoms with van der Waals surface area (Å²) in [7, 11) is 0. The minimum absolute atomic E-state index is 0.167. The SMILES string of the molecule is CC1SCC(c2nc(N)cc(=O)[nH]2)SC1C. The Labute approximate surface area is 103 Å². The Morgan fingerprint density at radius 3 is 2.88 bits per heavy atom. The Hall–Kier alpha value is -0.620. The first-order valence-electron chi connectivity index (χ1n) is 5.20. The molecule has 1 aliphatic heterocycles. The Morgan fingerprint density at radius 2 is 2.25 bits per heavy atom. The van der Waals surface area contributed by atoms with Gasteiger partial charge in [-0.3, -0.25) is 4.79 Å². The molecular formula is C10H15N3OS2. The molecule has 2 heterocycles. The minimum Gasteiger partial charge on any atom is -0.383 e. The monoisotopic (exact) mass is 257 g/mol. The van der Waals surface area contributed by atoms with Gasteiger partial charge in [0.2, 0.25) is 0 Å². The van der Waals surface area contributed by atoms with E-state index in [0.29, 0.717) is 22.1 Å². The van der Waals surface area contributed by atoms with Gasteiger partial charge in [0.1, 0.15) is 11.6 Å². The summed E-state index contributed by atoms with van der Waals surface area (Å²) in [4.78, 5) is 18.3. The van der Waals surface area contributed by atoms with Crippen LogP contribution in [-0.2, 0) is 0 Å². The molecule has 2 rings (SSSR count). The molecule has 0 radical (unpaired) electrons. The Bertz CT molecular complexity index is 434. The van der Waals surface area contributed by atoms with Gasteiger partial charge in [0.25, 0.3) is 5.56 Å². The predicted octanol–water partition coefficient (Wildman–Crippen LogP) is 1.65. The van der Waals surface area contributed by atoms with Gasteiger partial charge in [0.15, 0.2) is 0 Å². The van der Waals surface area contributed by atoms with Crippen LogP contribution in [0, 0.1) is 0 Å². The number of nitrogen functional groups attached to an aromatic ring is 1. The van der Waals surface area contributed by atoms with E-state index in [1.165, 1.54) is 6.07 Å². The van der Waals surface area contributed by atoms with Gasteiger partial charge in [-0.15, -0.1) is 11.8 Å². The van der Waals surface area contributed by atoms with E-state index in [9.17, 15) is 4.79 Å². The molecule has 1 saturated heterocycles. The molecule has 1 aromatic heterocycles. The van der Waals surface area contributed by atoms with Gasteiger partial charge >= 0.3 is 0 Å². The molecule has 0 spiro atoms. The van der Waals surface area contributed by atoms with Crippen molar-refractivity contribution in [2.24, 2.45) is 0 Å². The van der Waals surface area contributed by atoms with Crippen molar-refractivity contribution in [3.63, 3.8) is 0 Å². The highest BCUT2D eigenvalue weighted by Crippen LogP contribution is 2.42. The van der Waals surface area contributed by atoms with Gasteiger partial charge in [-0.25, -0.2) is 4.98 Å². The van der Waals surface area contributed by atoms with E-state index in [1.807, 2.05) is 23.5 Å². The number of nitrogens with zero attached hydrogens (tertiary/aromatic N) is 1. The fourth-order valence-corrected chi connectivity index (χ4v) is 4.44. The summed E-state index contributed by atoms with van der Waals surface area (Å²) >= 11 is 3.77. The predicted molar refractivity (Wildman–Crippen MR) is 71.0 cm³/mol. The molecule has 1 aromatic rings. The molecule has 1 aliphatic rings. The van der Waals surface area contributed by atoms with Crippen LogP contribution in [0.4, 0.5) is 5.82 Å². The number of thioether (sulfide) groups is 2.